The van der Waals surface area contributed by atoms with Crippen molar-refractivity contribution in [3.8, 4) is 0 Å². The number of aromatic nitrogens is 2. The molecule has 16 heavy (non-hydrogen) atoms. The molecule has 0 saturated heterocycles. The second kappa shape index (κ2) is 3.52. The van der Waals surface area contributed by atoms with Crippen molar-refractivity contribution in [1.82, 2.24) is 9.97 Å². The highest BCUT2D eigenvalue weighted by Crippen LogP contribution is 2.44. The highest BCUT2D eigenvalue weighted by atomic mass is 32.1. The summed E-state index contributed by atoms with van der Waals surface area (Å²) in [6.07, 6.45) is 3.99. The molecule has 4 nitrogen and oxygen atoms in total. The minimum absolute atomic E-state index is 0.273. The fourth-order valence-corrected chi connectivity index (χ4v) is 2.72. The summed E-state index contributed by atoms with van der Waals surface area (Å²) in [5, 5.41) is 0. The molecule has 0 amide bonds. The van der Waals surface area contributed by atoms with Gasteiger partial charge in [0, 0.05) is 4.88 Å². The predicted octanol–water partition coefficient (Wildman–Crippen LogP) is 2.36. The van der Waals surface area contributed by atoms with Gasteiger partial charge < -0.3 is 4.74 Å². The van der Waals surface area contributed by atoms with Gasteiger partial charge in [0.25, 0.3) is 0 Å². The molecule has 1 aliphatic rings. The van der Waals surface area contributed by atoms with Gasteiger partial charge in [-0.3, -0.25) is 0 Å². The Hall–Kier alpha value is -1.49. The number of nitrogens with zero attached hydrogens (tertiary/aromatic N) is 2. The van der Waals surface area contributed by atoms with E-state index in [9.17, 15) is 4.79 Å². The molecule has 0 radical (unpaired) electrons. The van der Waals surface area contributed by atoms with E-state index in [1.54, 1.807) is 11.3 Å². The first-order valence-electron chi connectivity index (χ1n) is 5.12. The molecular formula is C11H10N2O2S. The van der Waals surface area contributed by atoms with Crippen LogP contribution in [0.25, 0.3) is 10.3 Å². The van der Waals surface area contributed by atoms with E-state index in [1.807, 2.05) is 6.07 Å². The third kappa shape index (κ3) is 1.57. The smallest absolute Gasteiger partial charge is 0.358 e. The van der Waals surface area contributed by atoms with Crippen molar-refractivity contribution in [3.05, 3.63) is 22.8 Å². The molecule has 1 saturated carbocycles. The molecule has 0 N–H and O–H groups in total. The molecule has 0 atom stereocenters. The number of carbonyl (C=O) groups excluding carboxylic acids is 1. The zero-order valence-electron chi connectivity index (χ0n) is 8.77. The minimum atomic E-state index is -0.437. The van der Waals surface area contributed by atoms with Crippen LogP contribution in [0.3, 0.4) is 0 Å². The van der Waals surface area contributed by atoms with Crippen LogP contribution in [0.2, 0.25) is 0 Å². The fraction of sp³-hybridized carbons (Fsp3) is 0.364. The van der Waals surface area contributed by atoms with Crippen LogP contribution in [-0.2, 0) is 4.74 Å². The van der Waals surface area contributed by atoms with Crippen LogP contribution in [0.1, 0.15) is 34.1 Å². The SMILES string of the molecule is COC(=O)c1cnc2sc(C3CC3)cc2n1. The van der Waals surface area contributed by atoms with Crippen molar-refractivity contribution in [2.75, 3.05) is 7.11 Å². The first-order chi connectivity index (χ1) is 7.78. The maximum absolute atomic E-state index is 11.3. The van der Waals surface area contributed by atoms with E-state index in [1.165, 1.54) is 31.0 Å². The van der Waals surface area contributed by atoms with E-state index in [0.717, 1.165) is 10.3 Å². The Morgan fingerprint density at radius 1 is 1.56 bits per heavy atom. The van der Waals surface area contributed by atoms with Gasteiger partial charge in [0.05, 0.1) is 13.3 Å². The predicted molar refractivity (Wildman–Crippen MR) is 60.7 cm³/mol. The molecule has 2 aromatic heterocycles. The summed E-state index contributed by atoms with van der Waals surface area (Å²) in [5.74, 6) is 0.260. The summed E-state index contributed by atoms with van der Waals surface area (Å²) < 4.78 is 4.61. The quantitative estimate of drug-likeness (QED) is 0.748. The molecular weight excluding hydrogens is 224 g/mol. The number of rotatable bonds is 2. The second-order valence-corrected chi connectivity index (χ2v) is 4.92. The van der Waals surface area contributed by atoms with Crippen LogP contribution >= 0.6 is 11.3 Å². The summed E-state index contributed by atoms with van der Waals surface area (Å²) in [5.41, 5.74) is 1.07. The summed E-state index contributed by atoms with van der Waals surface area (Å²) in [7, 11) is 1.34. The van der Waals surface area contributed by atoms with Crippen molar-refractivity contribution in [3.63, 3.8) is 0 Å². The molecule has 0 aromatic carbocycles. The third-order valence-electron chi connectivity index (χ3n) is 2.63. The monoisotopic (exact) mass is 234 g/mol. The Labute approximate surface area is 96.3 Å². The number of ether oxygens (including phenoxy) is 1. The molecule has 1 aliphatic carbocycles. The summed E-state index contributed by atoms with van der Waals surface area (Å²) in [6, 6.07) is 2.04. The first kappa shape index (κ1) is 9.72. The van der Waals surface area contributed by atoms with Crippen molar-refractivity contribution in [1.29, 1.82) is 0 Å². The fourth-order valence-electron chi connectivity index (χ4n) is 1.61. The maximum Gasteiger partial charge on any atom is 0.358 e. The standard InChI is InChI=1S/C11H10N2O2S/c1-15-11(14)8-5-12-10-7(13-8)4-9(16-10)6-2-3-6/h4-6H,2-3H2,1H3. The number of methoxy groups -OCH3 is 1. The van der Waals surface area contributed by atoms with E-state index >= 15 is 0 Å². The van der Waals surface area contributed by atoms with Crippen LogP contribution in [0.4, 0.5) is 0 Å². The molecule has 0 bridgehead atoms. The zero-order chi connectivity index (χ0) is 11.1. The van der Waals surface area contributed by atoms with Crippen LogP contribution < -0.4 is 0 Å². The largest absolute Gasteiger partial charge is 0.464 e. The lowest BCUT2D eigenvalue weighted by atomic mass is 10.3. The molecule has 5 heteroatoms. The zero-order valence-corrected chi connectivity index (χ0v) is 9.58. The van der Waals surface area contributed by atoms with Gasteiger partial charge in [-0.25, -0.2) is 14.8 Å². The Morgan fingerprint density at radius 2 is 2.38 bits per heavy atom. The number of esters is 1. The van der Waals surface area contributed by atoms with E-state index in [0.29, 0.717) is 5.92 Å². The Balaban J connectivity index is 2.06. The van der Waals surface area contributed by atoms with E-state index < -0.39 is 5.97 Å². The lowest BCUT2D eigenvalue weighted by Gasteiger charge is -1.96. The highest BCUT2D eigenvalue weighted by Gasteiger charge is 2.26. The van der Waals surface area contributed by atoms with Gasteiger partial charge in [-0.15, -0.1) is 11.3 Å². The average molecular weight is 234 g/mol. The molecule has 82 valence electrons. The number of thiophene rings is 1. The van der Waals surface area contributed by atoms with Crippen molar-refractivity contribution in [2.45, 2.75) is 18.8 Å². The highest BCUT2D eigenvalue weighted by molar-refractivity contribution is 7.18. The van der Waals surface area contributed by atoms with Gasteiger partial charge in [-0.05, 0) is 24.8 Å². The Kier molecular flexibility index (Phi) is 2.14. The van der Waals surface area contributed by atoms with Gasteiger partial charge in [0.2, 0.25) is 0 Å². The van der Waals surface area contributed by atoms with Crippen LogP contribution in [0.5, 0.6) is 0 Å². The van der Waals surface area contributed by atoms with Gasteiger partial charge in [0.15, 0.2) is 5.69 Å². The molecule has 0 spiro atoms. The Bertz CT molecular complexity index is 560. The molecule has 3 rings (SSSR count). The molecule has 2 heterocycles. The van der Waals surface area contributed by atoms with Crippen molar-refractivity contribution in [2.24, 2.45) is 0 Å². The van der Waals surface area contributed by atoms with Gasteiger partial charge >= 0.3 is 5.97 Å². The minimum Gasteiger partial charge on any atom is -0.464 e. The average Bonchev–Trinajstić information content (AvgIpc) is 3.07. The van der Waals surface area contributed by atoms with Crippen molar-refractivity contribution < 1.29 is 9.53 Å². The second-order valence-electron chi connectivity index (χ2n) is 3.86. The van der Waals surface area contributed by atoms with Gasteiger partial charge in [0.1, 0.15) is 10.3 Å². The summed E-state index contributed by atoms with van der Waals surface area (Å²) >= 11 is 1.67. The van der Waals surface area contributed by atoms with E-state index in [-0.39, 0.29) is 5.69 Å². The molecule has 2 aromatic rings. The number of hydrogen-bond donors (Lipinski definition) is 0. The van der Waals surface area contributed by atoms with Gasteiger partial charge in [-0.1, -0.05) is 0 Å². The first-order valence-corrected chi connectivity index (χ1v) is 5.94. The lowest BCUT2D eigenvalue weighted by molar-refractivity contribution is 0.0594. The van der Waals surface area contributed by atoms with Crippen LogP contribution in [-0.4, -0.2) is 23.0 Å². The summed E-state index contributed by atoms with van der Waals surface area (Å²) in [4.78, 5) is 22.0. The maximum atomic E-state index is 11.3. The normalized spacial score (nSPS) is 15.3. The van der Waals surface area contributed by atoms with Crippen LogP contribution in [0.15, 0.2) is 12.3 Å². The third-order valence-corrected chi connectivity index (χ3v) is 3.83. The topological polar surface area (TPSA) is 52.1 Å². The van der Waals surface area contributed by atoms with Crippen molar-refractivity contribution >= 4 is 27.7 Å². The number of fused-ring (bicyclic) bond motifs is 1. The van der Waals surface area contributed by atoms with Crippen LogP contribution in [0, 0.1) is 0 Å². The lowest BCUT2D eigenvalue weighted by Crippen LogP contribution is -2.04. The number of hydrogen-bond acceptors (Lipinski definition) is 5. The number of carbonyl (C=O) groups is 1. The molecule has 1 fully saturated rings. The van der Waals surface area contributed by atoms with E-state index in [4.69, 9.17) is 0 Å². The Morgan fingerprint density at radius 3 is 3.06 bits per heavy atom. The summed E-state index contributed by atoms with van der Waals surface area (Å²) in [6.45, 7) is 0. The molecule has 0 unspecified atom stereocenters. The van der Waals surface area contributed by atoms with E-state index in [2.05, 4.69) is 14.7 Å². The van der Waals surface area contributed by atoms with Gasteiger partial charge in [-0.2, -0.15) is 0 Å². The molecule has 0 aliphatic heterocycles.